The van der Waals surface area contributed by atoms with Crippen LogP contribution in [0.15, 0.2) is 18.2 Å². The van der Waals surface area contributed by atoms with Gasteiger partial charge in [0, 0.05) is 5.54 Å². The van der Waals surface area contributed by atoms with Gasteiger partial charge in [0.05, 0.1) is 0 Å². The van der Waals surface area contributed by atoms with Crippen molar-refractivity contribution in [1.29, 1.82) is 0 Å². The van der Waals surface area contributed by atoms with Crippen LogP contribution in [-0.2, 0) is 5.54 Å². The van der Waals surface area contributed by atoms with Gasteiger partial charge < -0.3 is 5.73 Å². The Hall–Kier alpha value is -0.890. The highest BCUT2D eigenvalue weighted by atomic mass is 19.1. The quantitative estimate of drug-likeness (QED) is 0.816. The number of aryl methyl sites for hydroxylation is 1. The molecule has 3 aliphatic rings. The summed E-state index contributed by atoms with van der Waals surface area (Å²) in [6, 6.07) is 5.38. The number of nitrogens with two attached hydrogens (primary N) is 1. The average Bonchev–Trinajstić information content (AvgIpc) is 2.97. The maximum Gasteiger partial charge on any atom is 0.123 e. The maximum absolute atomic E-state index is 13.7. The van der Waals surface area contributed by atoms with Crippen molar-refractivity contribution in [2.45, 2.75) is 44.6 Å². The predicted octanol–water partition coefficient (Wildman–Crippen LogP) is 3.74. The van der Waals surface area contributed by atoms with Gasteiger partial charge in [0.25, 0.3) is 0 Å². The second-order valence-electron chi connectivity index (χ2n) is 7.12. The Bertz CT molecular complexity index is 506. The van der Waals surface area contributed by atoms with E-state index in [4.69, 9.17) is 5.73 Å². The van der Waals surface area contributed by atoms with Gasteiger partial charge in [-0.25, -0.2) is 4.39 Å². The van der Waals surface area contributed by atoms with E-state index in [0.29, 0.717) is 5.92 Å². The molecule has 3 saturated carbocycles. The summed E-state index contributed by atoms with van der Waals surface area (Å²) >= 11 is 0. The predicted molar refractivity (Wildman–Crippen MR) is 74.0 cm³/mol. The number of halogens is 1. The first-order valence-corrected chi connectivity index (χ1v) is 7.64. The van der Waals surface area contributed by atoms with Crippen molar-refractivity contribution < 1.29 is 4.39 Å². The topological polar surface area (TPSA) is 26.0 Å². The molecular formula is C17H22FN. The van der Waals surface area contributed by atoms with E-state index in [0.717, 1.165) is 35.3 Å². The second-order valence-corrected chi connectivity index (χ2v) is 7.12. The monoisotopic (exact) mass is 259 g/mol. The van der Waals surface area contributed by atoms with Crippen molar-refractivity contribution in [2.24, 2.45) is 29.4 Å². The molecule has 0 spiro atoms. The average molecular weight is 259 g/mol. The van der Waals surface area contributed by atoms with Crippen LogP contribution in [0.1, 0.15) is 43.2 Å². The zero-order valence-corrected chi connectivity index (χ0v) is 11.5. The Morgan fingerprint density at radius 2 is 2.00 bits per heavy atom. The maximum atomic E-state index is 13.7. The van der Waals surface area contributed by atoms with Crippen molar-refractivity contribution in [3.8, 4) is 0 Å². The molecule has 2 heteroatoms. The Morgan fingerprint density at radius 1 is 1.21 bits per heavy atom. The minimum atomic E-state index is -0.261. The van der Waals surface area contributed by atoms with Gasteiger partial charge in [-0.15, -0.1) is 0 Å². The summed E-state index contributed by atoms with van der Waals surface area (Å²) in [6.07, 6.45) is 6.48. The van der Waals surface area contributed by atoms with Crippen LogP contribution in [0.3, 0.4) is 0 Å². The fourth-order valence-electron chi connectivity index (χ4n) is 5.53. The fraction of sp³-hybridized carbons (Fsp3) is 0.647. The highest BCUT2D eigenvalue weighted by molar-refractivity contribution is 5.33. The summed E-state index contributed by atoms with van der Waals surface area (Å²) in [4.78, 5) is 0. The van der Waals surface area contributed by atoms with Gasteiger partial charge in [-0.1, -0.05) is 12.5 Å². The molecule has 3 fully saturated rings. The number of hydrogen-bond donors (Lipinski definition) is 1. The van der Waals surface area contributed by atoms with Crippen LogP contribution < -0.4 is 5.73 Å². The molecule has 3 aliphatic carbocycles. The molecular weight excluding hydrogens is 237 g/mol. The molecule has 2 N–H and O–H groups in total. The molecule has 5 unspecified atom stereocenters. The SMILES string of the molecule is Cc1cc(F)cc(C2(N)CC3CC2C2CCCC32)c1. The van der Waals surface area contributed by atoms with E-state index < -0.39 is 0 Å². The summed E-state index contributed by atoms with van der Waals surface area (Å²) in [5.41, 5.74) is 8.57. The Morgan fingerprint density at radius 3 is 2.79 bits per heavy atom. The molecule has 1 aromatic rings. The van der Waals surface area contributed by atoms with Crippen LogP contribution >= 0.6 is 0 Å². The molecule has 1 aromatic carbocycles. The molecule has 19 heavy (non-hydrogen) atoms. The zero-order chi connectivity index (χ0) is 13.2. The van der Waals surface area contributed by atoms with Gasteiger partial charge in [0.15, 0.2) is 0 Å². The molecule has 0 heterocycles. The van der Waals surface area contributed by atoms with E-state index >= 15 is 0 Å². The van der Waals surface area contributed by atoms with E-state index in [1.165, 1.54) is 25.7 Å². The van der Waals surface area contributed by atoms with Gasteiger partial charge in [-0.05, 0) is 79.5 Å². The second kappa shape index (κ2) is 3.82. The van der Waals surface area contributed by atoms with E-state index in [9.17, 15) is 4.39 Å². The van der Waals surface area contributed by atoms with E-state index in [-0.39, 0.29) is 11.4 Å². The third-order valence-electron chi connectivity index (χ3n) is 6.15. The first-order chi connectivity index (χ1) is 9.08. The lowest BCUT2D eigenvalue weighted by Crippen LogP contribution is -2.46. The van der Waals surface area contributed by atoms with E-state index in [1.54, 1.807) is 12.1 Å². The van der Waals surface area contributed by atoms with Crippen LogP contribution in [0.25, 0.3) is 0 Å². The fourth-order valence-corrected chi connectivity index (χ4v) is 5.53. The Balaban J connectivity index is 1.75. The molecule has 5 atom stereocenters. The molecule has 2 bridgehead atoms. The normalized spacial score (nSPS) is 43.7. The van der Waals surface area contributed by atoms with Crippen molar-refractivity contribution >= 4 is 0 Å². The summed E-state index contributed by atoms with van der Waals surface area (Å²) in [7, 11) is 0. The van der Waals surface area contributed by atoms with Crippen LogP contribution in [0.2, 0.25) is 0 Å². The van der Waals surface area contributed by atoms with Gasteiger partial charge in [0.1, 0.15) is 5.82 Å². The number of rotatable bonds is 1. The van der Waals surface area contributed by atoms with Crippen LogP contribution in [0.4, 0.5) is 4.39 Å². The lowest BCUT2D eigenvalue weighted by atomic mass is 9.68. The number of hydrogen-bond acceptors (Lipinski definition) is 1. The Kier molecular flexibility index (Phi) is 2.39. The standard InChI is InChI=1S/C17H22FN/c1-10-5-12(8-13(18)6-10)17(19)9-11-7-16(17)15-4-2-3-14(11)15/h5-6,8,11,14-16H,2-4,7,9,19H2,1H3. The van der Waals surface area contributed by atoms with Gasteiger partial charge in [-0.3, -0.25) is 0 Å². The molecule has 0 aromatic heterocycles. The van der Waals surface area contributed by atoms with Gasteiger partial charge in [0.2, 0.25) is 0 Å². The minimum absolute atomic E-state index is 0.134. The summed E-state index contributed by atoms with van der Waals surface area (Å²) in [5.74, 6) is 2.99. The van der Waals surface area contributed by atoms with E-state index in [1.807, 2.05) is 6.92 Å². The highest BCUT2D eigenvalue weighted by Gasteiger charge is 2.59. The van der Waals surface area contributed by atoms with Crippen LogP contribution in [0.5, 0.6) is 0 Å². The molecule has 0 amide bonds. The summed E-state index contributed by atoms with van der Waals surface area (Å²) in [6.45, 7) is 1.96. The summed E-state index contributed by atoms with van der Waals surface area (Å²) in [5, 5.41) is 0. The van der Waals surface area contributed by atoms with Crippen molar-refractivity contribution in [3.05, 3.63) is 35.1 Å². The number of benzene rings is 1. The molecule has 1 nitrogen and oxygen atoms in total. The van der Waals surface area contributed by atoms with Crippen LogP contribution in [-0.4, -0.2) is 0 Å². The van der Waals surface area contributed by atoms with Crippen molar-refractivity contribution in [2.75, 3.05) is 0 Å². The third kappa shape index (κ3) is 1.56. The molecule has 102 valence electrons. The first-order valence-electron chi connectivity index (χ1n) is 7.64. The minimum Gasteiger partial charge on any atom is -0.321 e. The molecule has 0 aliphatic heterocycles. The molecule has 0 saturated heterocycles. The highest BCUT2D eigenvalue weighted by Crippen LogP contribution is 2.64. The van der Waals surface area contributed by atoms with E-state index in [2.05, 4.69) is 6.07 Å². The molecule has 4 rings (SSSR count). The van der Waals surface area contributed by atoms with Crippen LogP contribution in [0, 0.1) is 36.4 Å². The number of fused-ring (bicyclic) bond motifs is 5. The van der Waals surface area contributed by atoms with Crippen molar-refractivity contribution in [1.82, 2.24) is 0 Å². The zero-order valence-electron chi connectivity index (χ0n) is 11.5. The Labute approximate surface area is 114 Å². The van der Waals surface area contributed by atoms with Gasteiger partial charge in [-0.2, -0.15) is 0 Å². The largest absolute Gasteiger partial charge is 0.321 e. The lowest BCUT2D eigenvalue weighted by molar-refractivity contribution is 0.156. The van der Waals surface area contributed by atoms with Crippen molar-refractivity contribution in [3.63, 3.8) is 0 Å². The summed E-state index contributed by atoms with van der Waals surface area (Å²) < 4.78 is 13.7. The lowest BCUT2D eigenvalue weighted by Gasteiger charge is -2.40. The van der Waals surface area contributed by atoms with Gasteiger partial charge >= 0.3 is 0 Å². The third-order valence-corrected chi connectivity index (χ3v) is 6.15. The molecule has 0 radical (unpaired) electrons. The smallest absolute Gasteiger partial charge is 0.123 e. The first kappa shape index (κ1) is 11.9.